The van der Waals surface area contributed by atoms with E-state index in [1.165, 1.54) is 0 Å². The number of carbonyl (C=O) groups excluding carboxylic acids is 3. The second-order valence-electron chi connectivity index (χ2n) is 12.2. The van der Waals surface area contributed by atoms with Crippen LogP contribution in [0.25, 0.3) is 0 Å². The lowest BCUT2D eigenvalue weighted by Crippen LogP contribution is -2.62. The Bertz CT molecular complexity index is 928. The van der Waals surface area contributed by atoms with Crippen LogP contribution in [0.2, 0.25) is 0 Å². The molecule has 3 rings (SSSR count). The molecule has 8 heteroatoms. The van der Waals surface area contributed by atoms with Crippen molar-refractivity contribution in [2.75, 3.05) is 19.8 Å². The van der Waals surface area contributed by atoms with E-state index in [9.17, 15) is 19.5 Å². The molecule has 0 aromatic rings. The minimum atomic E-state index is -1.18. The Balaban J connectivity index is 2.19. The molecule has 0 radical (unpaired) electrons. The van der Waals surface area contributed by atoms with Gasteiger partial charge in [-0.3, -0.25) is 14.4 Å². The average Bonchev–Trinajstić information content (AvgIpc) is 3.34. The van der Waals surface area contributed by atoms with Gasteiger partial charge in [0, 0.05) is 12.1 Å². The Labute approximate surface area is 222 Å². The lowest BCUT2D eigenvalue weighted by Gasteiger charge is -2.44. The normalized spacial score (nSPS) is 34.2. The summed E-state index contributed by atoms with van der Waals surface area (Å²) >= 11 is 0. The number of rotatable bonds is 11. The molecule has 3 heterocycles. The van der Waals surface area contributed by atoms with E-state index in [1.54, 1.807) is 22.0 Å². The summed E-state index contributed by atoms with van der Waals surface area (Å²) in [7, 11) is 0. The molecule has 1 N–H and O–H groups in total. The highest BCUT2D eigenvalue weighted by Crippen LogP contribution is 2.66. The first-order chi connectivity index (χ1) is 17.3. The number of likely N-dealkylation sites (tertiary alicyclic amines) is 1. The molecule has 3 saturated heterocycles. The summed E-state index contributed by atoms with van der Waals surface area (Å²) in [4.78, 5) is 45.6. The smallest absolute Gasteiger partial charge is 0.312 e. The highest BCUT2D eigenvalue weighted by molar-refractivity contribution is 5.99. The first-order valence-electron chi connectivity index (χ1n) is 13.6. The molecule has 2 amide bonds. The molecule has 37 heavy (non-hydrogen) atoms. The van der Waals surface area contributed by atoms with E-state index in [0.717, 1.165) is 0 Å². The third kappa shape index (κ3) is 4.54. The fourth-order valence-corrected chi connectivity index (χ4v) is 6.79. The van der Waals surface area contributed by atoms with Crippen LogP contribution in [0.5, 0.6) is 0 Å². The summed E-state index contributed by atoms with van der Waals surface area (Å²) < 4.78 is 12.4. The summed E-state index contributed by atoms with van der Waals surface area (Å²) in [5.74, 6) is -2.89. The maximum Gasteiger partial charge on any atom is 0.312 e. The maximum atomic E-state index is 14.5. The SMILES string of the molecule is C=CCCOC(=O)[C@H]1[C@H]2C(=O)N([C@@H](CO)[C@@H](C)CC)C(C(=O)N(CC=C)C(C)(C)C)C23CC(C)[C@]1(C)O3. The van der Waals surface area contributed by atoms with Gasteiger partial charge in [0.2, 0.25) is 11.8 Å². The largest absolute Gasteiger partial charge is 0.465 e. The number of fused-ring (bicyclic) bond motifs is 1. The van der Waals surface area contributed by atoms with Crippen LogP contribution in [0.1, 0.15) is 67.7 Å². The fourth-order valence-electron chi connectivity index (χ4n) is 6.79. The van der Waals surface area contributed by atoms with Crippen molar-refractivity contribution in [1.82, 2.24) is 9.80 Å². The van der Waals surface area contributed by atoms with Crippen LogP contribution in [0.3, 0.4) is 0 Å². The summed E-state index contributed by atoms with van der Waals surface area (Å²) in [6, 6.07) is -1.55. The van der Waals surface area contributed by atoms with Gasteiger partial charge in [0.15, 0.2) is 0 Å². The average molecular weight is 519 g/mol. The van der Waals surface area contributed by atoms with Crippen molar-refractivity contribution in [1.29, 1.82) is 0 Å². The van der Waals surface area contributed by atoms with E-state index >= 15 is 0 Å². The summed E-state index contributed by atoms with van der Waals surface area (Å²) in [5, 5.41) is 10.5. The number of esters is 1. The van der Waals surface area contributed by atoms with E-state index in [1.807, 2.05) is 48.5 Å². The zero-order chi connectivity index (χ0) is 27.9. The standard InChI is InChI=1S/C29H46N2O6/c1-10-13-15-36-26(35)22-21-24(33)31(20(17-32)18(4)12-3)23(25(34)30(14-11-2)27(6,7)8)29(21)16-19(5)28(22,9)37-29/h10-11,18-23,32H,1-2,12-17H2,3-9H3/t18-,19?,20-,21-,22+,23?,28-,29?/m0/s1. The quantitative estimate of drug-likeness (QED) is 0.256. The lowest BCUT2D eigenvalue weighted by atomic mass is 9.62. The first kappa shape index (κ1) is 29.4. The van der Waals surface area contributed by atoms with E-state index in [-0.39, 0.29) is 36.9 Å². The Morgan fingerprint density at radius 1 is 1.32 bits per heavy atom. The number of carbonyl (C=O) groups is 3. The third-order valence-corrected chi connectivity index (χ3v) is 9.04. The molecule has 0 aromatic heterocycles. The van der Waals surface area contributed by atoms with E-state index in [0.29, 0.717) is 25.8 Å². The molecule has 0 aromatic carbocycles. The lowest BCUT2D eigenvalue weighted by molar-refractivity contribution is -0.165. The van der Waals surface area contributed by atoms with Crippen LogP contribution in [-0.2, 0) is 23.9 Å². The molecule has 2 bridgehead atoms. The Morgan fingerprint density at radius 3 is 2.49 bits per heavy atom. The molecule has 3 aliphatic heterocycles. The van der Waals surface area contributed by atoms with Crippen molar-refractivity contribution < 1.29 is 29.0 Å². The molecular weight excluding hydrogens is 472 g/mol. The van der Waals surface area contributed by atoms with Gasteiger partial charge >= 0.3 is 5.97 Å². The Hall–Kier alpha value is -2.19. The highest BCUT2D eigenvalue weighted by atomic mass is 16.6. The summed E-state index contributed by atoms with van der Waals surface area (Å²) in [6.45, 7) is 21.4. The first-order valence-corrected chi connectivity index (χ1v) is 13.6. The van der Waals surface area contributed by atoms with Gasteiger partial charge in [0.25, 0.3) is 0 Å². The topological polar surface area (TPSA) is 96.4 Å². The van der Waals surface area contributed by atoms with Crippen molar-refractivity contribution in [3.8, 4) is 0 Å². The molecule has 3 fully saturated rings. The number of amides is 2. The van der Waals surface area contributed by atoms with Gasteiger partial charge in [-0.25, -0.2) is 0 Å². The van der Waals surface area contributed by atoms with Gasteiger partial charge in [-0.15, -0.1) is 13.2 Å². The van der Waals surface area contributed by atoms with Crippen LogP contribution >= 0.6 is 0 Å². The molecule has 0 saturated carbocycles. The number of nitrogens with zero attached hydrogens (tertiary/aromatic N) is 2. The number of ether oxygens (including phenoxy) is 2. The van der Waals surface area contributed by atoms with Gasteiger partial charge in [0.1, 0.15) is 17.6 Å². The zero-order valence-electron chi connectivity index (χ0n) is 23.7. The number of hydrogen-bond acceptors (Lipinski definition) is 6. The minimum Gasteiger partial charge on any atom is -0.465 e. The number of hydrogen-bond donors (Lipinski definition) is 1. The van der Waals surface area contributed by atoms with Gasteiger partial charge in [-0.05, 0) is 52.4 Å². The van der Waals surface area contributed by atoms with Crippen molar-refractivity contribution in [2.24, 2.45) is 23.7 Å². The summed E-state index contributed by atoms with van der Waals surface area (Å²) in [6.07, 6.45) is 5.03. The van der Waals surface area contributed by atoms with E-state index in [2.05, 4.69) is 13.2 Å². The molecule has 8 atom stereocenters. The van der Waals surface area contributed by atoms with Crippen molar-refractivity contribution >= 4 is 17.8 Å². The molecule has 3 aliphatic rings. The van der Waals surface area contributed by atoms with Crippen molar-refractivity contribution in [3.05, 3.63) is 25.3 Å². The van der Waals surface area contributed by atoms with Crippen LogP contribution in [0.4, 0.5) is 0 Å². The highest BCUT2D eigenvalue weighted by Gasteiger charge is 2.81. The summed E-state index contributed by atoms with van der Waals surface area (Å²) in [5.41, 5.74) is -2.67. The molecule has 1 spiro atoms. The van der Waals surface area contributed by atoms with E-state index < -0.39 is 46.6 Å². The van der Waals surface area contributed by atoms with Crippen LogP contribution in [-0.4, -0.2) is 81.3 Å². The molecule has 3 unspecified atom stereocenters. The van der Waals surface area contributed by atoms with Crippen LogP contribution in [0, 0.1) is 23.7 Å². The van der Waals surface area contributed by atoms with Gasteiger partial charge in [-0.1, -0.05) is 39.3 Å². The zero-order valence-corrected chi connectivity index (χ0v) is 23.7. The van der Waals surface area contributed by atoms with Crippen LogP contribution < -0.4 is 0 Å². The van der Waals surface area contributed by atoms with Gasteiger partial charge in [-0.2, -0.15) is 0 Å². The van der Waals surface area contributed by atoms with Gasteiger partial charge < -0.3 is 24.4 Å². The third-order valence-electron chi connectivity index (χ3n) is 9.04. The second kappa shape index (κ2) is 10.5. The minimum absolute atomic E-state index is 0.0647. The second-order valence-corrected chi connectivity index (χ2v) is 12.2. The number of aliphatic hydroxyl groups is 1. The fraction of sp³-hybridized carbons (Fsp3) is 0.759. The molecular formula is C29H46N2O6. The van der Waals surface area contributed by atoms with Crippen LogP contribution in [0.15, 0.2) is 25.3 Å². The predicted molar refractivity (Wildman–Crippen MR) is 141 cm³/mol. The van der Waals surface area contributed by atoms with Crippen molar-refractivity contribution in [3.63, 3.8) is 0 Å². The molecule has 0 aliphatic carbocycles. The van der Waals surface area contributed by atoms with Gasteiger partial charge in [0.05, 0.1) is 30.8 Å². The van der Waals surface area contributed by atoms with E-state index in [4.69, 9.17) is 9.47 Å². The van der Waals surface area contributed by atoms with Crippen molar-refractivity contribution in [2.45, 2.75) is 96.6 Å². The Morgan fingerprint density at radius 2 is 1.97 bits per heavy atom. The Kier molecular flexibility index (Phi) is 8.35. The molecule has 8 nitrogen and oxygen atoms in total. The predicted octanol–water partition coefficient (Wildman–Crippen LogP) is 3.34. The molecule has 208 valence electrons. The maximum absolute atomic E-state index is 14.5. The monoisotopic (exact) mass is 518 g/mol. The number of aliphatic hydroxyl groups excluding tert-OH is 1.